The highest BCUT2D eigenvalue weighted by Gasteiger charge is 2.30. The van der Waals surface area contributed by atoms with Gasteiger partial charge < -0.3 is 20.0 Å². The number of hydrogen-bond acceptors (Lipinski definition) is 7. The molecular weight excluding hydrogens is 476 g/mol. The highest BCUT2D eigenvalue weighted by atomic mass is 19.1. The van der Waals surface area contributed by atoms with Crippen molar-refractivity contribution in [3.63, 3.8) is 0 Å². The largest absolute Gasteiger partial charge is 0.423 e. The van der Waals surface area contributed by atoms with E-state index in [1.165, 1.54) is 24.8 Å². The van der Waals surface area contributed by atoms with Gasteiger partial charge in [-0.1, -0.05) is 12.8 Å². The first kappa shape index (κ1) is 23.8. The maximum atomic E-state index is 14.2. The minimum absolute atomic E-state index is 0.156. The molecule has 37 heavy (non-hydrogen) atoms. The number of oxazole rings is 1. The fraction of sp³-hybridized carbons (Fsp3) is 0.444. The van der Waals surface area contributed by atoms with Gasteiger partial charge in [0.1, 0.15) is 17.5 Å². The topological polar surface area (TPSA) is 83.5 Å². The molecule has 194 valence electrons. The van der Waals surface area contributed by atoms with Crippen molar-refractivity contribution in [3.8, 4) is 11.3 Å². The second-order valence-corrected chi connectivity index (χ2v) is 10.1. The van der Waals surface area contributed by atoms with Gasteiger partial charge in [-0.3, -0.25) is 0 Å². The monoisotopic (exact) mass is 507 g/mol. The van der Waals surface area contributed by atoms with Crippen LogP contribution in [0.4, 0.5) is 20.5 Å². The van der Waals surface area contributed by atoms with Crippen LogP contribution in [0.25, 0.3) is 17.0 Å². The molecule has 8 nitrogen and oxygen atoms in total. The van der Waals surface area contributed by atoms with Gasteiger partial charge in [0.25, 0.3) is 6.01 Å². The molecule has 2 fully saturated rings. The van der Waals surface area contributed by atoms with Gasteiger partial charge in [0, 0.05) is 37.3 Å². The molecule has 2 N–H and O–H groups in total. The van der Waals surface area contributed by atoms with Crippen LogP contribution in [-0.4, -0.2) is 50.8 Å². The van der Waals surface area contributed by atoms with E-state index in [1.807, 2.05) is 17.5 Å². The fourth-order valence-corrected chi connectivity index (χ4v) is 5.64. The summed E-state index contributed by atoms with van der Waals surface area (Å²) in [5.74, 6) is -0.236. The molecule has 0 bridgehead atoms. The lowest BCUT2D eigenvalue weighted by molar-refractivity contribution is 0.290. The summed E-state index contributed by atoms with van der Waals surface area (Å²) in [7, 11) is 0. The zero-order valence-electron chi connectivity index (χ0n) is 20.8. The summed E-state index contributed by atoms with van der Waals surface area (Å²) in [4.78, 5) is 11.2. The molecule has 4 aromatic rings. The van der Waals surface area contributed by atoms with Crippen molar-refractivity contribution in [3.05, 3.63) is 60.2 Å². The Bertz CT molecular complexity index is 1390. The normalized spacial score (nSPS) is 22.5. The number of benzene rings is 1. The molecule has 10 heteroatoms. The molecule has 6 rings (SSSR count). The number of fused-ring (bicyclic) bond motifs is 1. The highest BCUT2D eigenvalue weighted by Crippen LogP contribution is 2.29. The van der Waals surface area contributed by atoms with Crippen LogP contribution in [0.15, 0.2) is 47.1 Å². The molecule has 0 amide bonds. The van der Waals surface area contributed by atoms with Gasteiger partial charge in [-0.2, -0.15) is 5.10 Å². The molecule has 1 saturated heterocycles. The average Bonchev–Trinajstić information content (AvgIpc) is 3.50. The first-order valence-electron chi connectivity index (χ1n) is 13.0. The number of halogens is 2. The van der Waals surface area contributed by atoms with E-state index in [-0.39, 0.29) is 23.4 Å². The minimum atomic E-state index is -0.667. The molecule has 0 radical (unpaired) electrons. The Morgan fingerprint density at radius 1 is 1.03 bits per heavy atom. The van der Waals surface area contributed by atoms with Crippen LogP contribution in [0, 0.1) is 18.6 Å². The predicted molar refractivity (Wildman–Crippen MR) is 138 cm³/mol. The smallest absolute Gasteiger partial charge is 0.295 e. The quantitative estimate of drug-likeness (QED) is 0.382. The molecule has 1 aromatic carbocycles. The van der Waals surface area contributed by atoms with Gasteiger partial charge >= 0.3 is 0 Å². The molecule has 2 aliphatic rings. The standard InChI is InChI=1S/C27H31F2N7O/c1-17-31-26-11-9-20(16-36(26)34-17)35-12-4-5-19(15-35)32-23-6-2-3-7-24(23)33-27-30-14-25(37-27)21-10-8-18(28)13-22(21)29/h8-11,13-14,16,19,23-24,32H,2-7,12,15H2,1H3,(H,30,33)/t19-,23+,24?/m0/s1. The maximum Gasteiger partial charge on any atom is 0.295 e. The number of nitrogens with zero attached hydrogens (tertiary/aromatic N) is 5. The second-order valence-electron chi connectivity index (χ2n) is 10.1. The summed E-state index contributed by atoms with van der Waals surface area (Å²) in [5.41, 5.74) is 2.21. The average molecular weight is 508 g/mol. The Hall–Kier alpha value is -3.53. The second kappa shape index (κ2) is 10.1. The zero-order valence-corrected chi connectivity index (χ0v) is 20.8. The van der Waals surface area contributed by atoms with E-state index in [4.69, 9.17) is 4.42 Å². The van der Waals surface area contributed by atoms with Gasteiger partial charge in [0.2, 0.25) is 0 Å². The van der Waals surface area contributed by atoms with Crippen LogP contribution in [0.2, 0.25) is 0 Å². The number of pyridine rings is 1. The summed E-state index contributed by atoms with van der Waals surface area (Å²) in [5, 5.41) is 11.8. The summed E-state index contributed by atoms with van der Waals surface area (Å²) in [6.45, 7) is 3.85. The molecule has 1 aliphatic carbocycles. The summed E-state index contributed by atoms with van der Waals surface area (Å²) in [6, 6.07) is 8.74. The number of rotatable bonds is 6. The van der Waals surface area contributed by atoms with E-state index in [9.17, 15) is 8.78 Å². The van der Waals surface area contributed by atoms with Crippen molar-refractivity contribution in [2.24, 2.45) is 0 Å². The van der Waals surface area contributed by atoms with E-state index in [0.29, 0.717) is 12.1 Å². The van der Waals surface area contributed by atoms with E-state index >= 15 is 0 Å². The zero-order chi connectivity index (χ0) is 25.4. The Kier molecular flexibility index (Phi) is 6.50. The van der Waals surface area contributed by atoms with Crippen molar-refractivity contribution in [2.75, 3.05) is 23.3 Å². The number of piperidine rings is 1. The van der Waals surface area contributed by atoms with Crippen LogP contribution in [0.3, 0.4) is 0 Å². The number of aryl methyl sites for hydroxylation is 1. The highest BCUT2D eigenvalue weighted by molar-refractivity contribution is 5.58. The van der Waals surface area contributed by atoms with Crippen LogP contribution < -0.4 is 15.5 Å². The lowest BCUT2D eigenvalue weighted by Gasteiger charge is -2.40. The van der Waals surface area contributed by atoms with E-state index in [2.05, 4.69) is 42.9 Å². The van der Waals surface area contributed by atoms with Crippen LogP contribution in [0.5, 0.6) is 0 Å². The molecule has 0 spiro atoms. The molecule has 4 heterocycles. The fourth-order valence-electron chi connectivity index (χ4n) is 5.64. The summed E-state index contributed by atoms with van der Waals surface area (Å²) >= 11 is 0. The Morgan fingerprint density at radius 3 is 2.76 bits per heavy atom. The Labute approximate surface area is 214 Å². The third-order valence-corrected chi connectivity index (χ3v) is 7.43. The van der Waals surface area contributed by atoms with Gasteiger partial charge in [-0.25, -0.2) is 23.3 Å². The van der Waals surface area contributed by atoms with Crippen LogP contribution >= 0.6 is 0 Å². The van der Waals surface area contributed by atoms with Gasteiger partial charge in [0.15, 0.2) is 11.4 Å². The number of hydrogen-bond donors (Lipinski definition) is 2. The van der Waals surface area contributed by atoms with Gasteiger partial charge in [-0.05, 0) is 56.9 Å². The predicted octanol–water partition coefficient (Wildman–Crippen LogP) is 4.95. The van der Waals surface area contributed by atoms with Crippen LogP contribution in [-0.2, 0) is 0 Å². The van der Waals surface area contributed by atoms with E-state index < -0.39 is 11.6 Å². The van der Waals surface area contributed by atoms with Crippen molar-refractivity contribution in [1.82, 2.24) is 24.9 Å². The minimum Gasteiger partial charge on any atom is -0.423 e. The molecule has 1 aliphatic heterocycles. The van der Waals surface area contributed by atoms with Crippen molar-refractivity contribution in [1.29, 1.82) is 0 Å². The molecule has 3 aromatic heterocycles. The first-order valence-corrected chi connectivity index (χ1v) is 13.0. The third kappa shape index (κ3) is 5.16. The van der Waals surface area contributed by atoms with Crippen molar-refractivity contribution >= 4 is 17.3 Å². The Balaban J connectivity index is 1.12. The van der Waals surface area contributed by atoms with Crippen molar-refractivity contribution in [2.45, 2.75) is 63.6 Å². The molecule has 3 atom stereocenters. The molecular formula is C27H31F2N7O. The van der Waals surface area contributed by atoms with Gasteiger partial charge in [0.05, 0.1) is 23.6 Å². The molecule has 1 unspecified atom stereocenters. The number of aromatic nitrogens is 4. The van der Waals surface area contributed by atoms with Gasteiger partial charge in [-0.15, -0.1) is 0 Å². The maximum absolute atomic E-state index is 14.2. The summed E-state index contributed by atoms with van der Waals surface area (Å²) in [6.07, 6.45) is 10.2. The molecule has 1 saturated carbocycles. The lowest BCUT2D eigenvalue weighted by atomic mass is 9.89. The summed E-state index contributed by atoms with van der Waals surface area (Å²) < 4.78 is 35.1. The van der Waals surface area contributed by atoms with Crippen LogP contribution in [0.1, 0.15) is 44.3 Å². The Morgan fingerprint density at radius 2 is 1.89 bits per heavy atom. The lowest BCUT2D eigenvalue weighted by Crippen LogP contribution is -2.54. The van der Waals surface area contributed by atoms with E-state index in [1.54, 1.807) is 0 Å². The number of anilines is 2. The SMILES string of the molecule is Cc1nc2ccc(N3CCC[C@H](N[C@@H]4CCCCC4Nc4ncc(-c5ccc(F)cc5F)o4)C3)cn2n1. The first-order chi connectivity index (χ1) is 18.0. The van der Waals surface area contributed by atoms with Crippen molar-refractivity contribution < 1.29 is 13.2 Å². The van der Waals surface area contributed by atoms with E-state index in [0.717, 1.165) is 68.4 Å². The number of nitrogens with one attached hydrogen (secondary N) is 2. The third-order valence-electron chi connectivity index (χ3n) is 7.43.